The molecule has 2 unspecified atom stereocenters. The molecule has 3 heterocycles. The van der Waals surface area contributed by atoms with Gasteiger partial charge in [-0.15, -0.1) is 0 Å². The molecule has 7 nitrogen and oxygen atoms in total. The predicted molar refractivity (Wildman–Crippen MR) is 136 cm³/mol. The first-order valence-electron chi connectivity index (χ1n) is 13.0. The third-order valence-corrected chi connectivity index (χ3v) is 8.55. The number of hydrogen-bond donors (Lipinski definition) is 1. The number of nitrogens with zero attached hydrogens (tertiary/aromatic N) is 5. The second-order valence-electron chi connectivity index (χ2n) is 10.5. The van der Waals surface area contributed by atoms with E-state index in [2.05, 4.69) is 45.2 Å². The molecule has 6 rings (SSSR count). The van der Waals surface area contributed by atoms with Crippen LogP contribution >= 0.6 is 0 Å². The number of amides is 1. The Bertz CT molecular complexity index is 1330. The minimum Gasteiger partial charge on any atom is -0.391 e. The fourth-order valence-electron chi connectivity index (χ4n) is 6.46. The summed E-state index contributed by atoms with van der Waals surface area (Å²) < 4.78 is 0. The van der Waals surface area contributed by atoms with E-state index in [1.165, 1.54) is 11.7 Å². The smallest absolute Gasteiger partial charge is 0.254 e. The lowest BCUT2D eigenvalue weighted by molar-refractivity contribution is 0.0192. The van der Waals surface area contributed by atoms with Gasteiger partial charge in [0.1, 0.15) is 11.7 Å². The van der Waals surface area contributed by atoms with Crippen LogP contribution in [0, 0.1) is 11.3 Å². The molecule has 3 aliphatic rings. The zero-order valence-corrected chi connectivity index (χ0v) is 20.4. The second kappa shape index (κ2) is 9.27. The first kappa shape index (κ1) is 23.1. The van der Waals surface area contributed by atoms with Crippen molar-refractivity contribution in [2.45, 2.75) is 69.2 Å². The molecule has 7 heteroatoms. The number of benzene rings is 2. The summed E-state index contributed by atoms with van der Waals surface area (Å²) >= 11 is 0. The molecule has 2 fully saturated rings. The maximum absolute atomic E-state index is 13.6. The predicted octanol–water partition coefficient (Wildman–Crippen LogP) is 3.95. The van der Waals surface area contributed by atoms with E-state index in [1.807, 2.05) is 17.0 Å². The van der Waals surface area contributed by atoms with Gasteiger partial charge in [-0.1, -0.05) is 37.1 Å². The maximum atomic E-state index is 13.6. The van der Waals surface area contributed by atoms with E-state index in [-0.39, 0.29) is 11.9 Å². The SMILES string of the molecule is N#CC1(c2ccncn2)CCN(Cc2cc3c(c4ccccc24)CN(C2CCCCC2O)C3=O)CC1. The molecule has 2 atom stereocenters. The molecule has 184 valence electrons. The van der Waals surface area contributed by atoms with Crippen molar-refractivity contribution < 1.29 is 9.90 Å². The van der Waals surface area contributed by atoms with Crippen LogP contribution in [0.2, 0.25) is 0 Å². The van der Waals surface area contributed by atoms with Gasteiger partial charge in [-0.25, -0.2) is 9.97 Å². The molecular formula is C29H31N5O2. The Hall–Kier alpha value is -3.34. The largest absolute Gasteiger partial charge is 0.391 e. The van der Waals surface area contributed by atoms with Gasteiger partial charge in [-0.3, -0.25) is 9.69 Å². The van der Waals surface area contributed by atoms with Gasteiger partial charge in [-0.2, -0.15) is 5.26 Å². The van der Waals surface area contributed by atoms with E-state index >= 15 is 0 Å². The molecule has 1 saturated heterocycles. The zero-order chi connectivity index (χ0) is 24.7. The van der Waals surface area contributed by atoms with E-state index in [9.17, 15) is 15.2 Å². The molecule has 1 aromatic heterocycles. The van der Waals surface area contributed by atoms with Crippen molar-refractivity contribution >= 4 is 16.7 Å². The highest BCUT2D eigenvalue weighted by atomic mass is 16.3. The lowest BCUT2D eigenvalue weighted by atomic mass is 9.76. The summed E-state index contributed by atoms with van der Waals surface area (Å²) in [7, 11) is 0. The third kappa shape index (κ3) is 3.85. The van der Waals surface area contributed by atoms with Gasteiger partial charge in [0.25, 0.3) is 5.91 Å². The Morgan fingerprint density at radius 3 is 2.61 bits per heavy atom. The summed E-state index contributed by atoms with van der Waals surface area (Å²) in [6.07, 6.45) is 7.94. The number of aliphatic hydroxyl groups is 1. The highest BCUT2D eigenvalue weighted by Gasteiger charge is 2.40. The summed E-state index contributed by atoms with van der Waals surface area (Å²) in [6.45, 7) is 2.89. The molecule has 2 aliphatic heterocycles. The first-order valence-corrected chi connectivity index (χ1v) is 13.0. The fourth-order valence-corrected chi connectivity index (χ4v) is 6.46. The van der Waals surface area contributed by atoms with Crippen molar-refractivity contribution in [3.05, 3.63) is 71.3 Å². The van der Waals surface area contributed by atoms with E-state index in [1.54, 1.807) is 6.20 Å². The highest BCUT2D eigenvalue weighted by molar-refractivity contribution is 6.05. The second-order valence-corrected chi connectivity index (χ2v) is 10.5. The number of carbonyl (C=O) groups excluding carboxylic acids is 1. The van der Waals surface area contributed by atoms with Gasteiger partial charge < -0.3 is 10.0 Å². The van der Waals surface area contributed by atoms with Crippen LogP contribution in [0.1, 0.15) is 65.7 Å². The van der Waals surface area contributed by atoms with Crippen molar-refractivity contribution in [2.24, 2.45) is 0 Å². The van der Waals surface area contributed by atoms with Crippen molar-refractivity contribution in [3.63, 3.8) is 0 Å². The van der Waals surface area contributed by atoms with Crippen molar-refractivity contribution in [2.75, 3.05) is 13.1 Å². The quantitative estimate of drug-likeness (QED) is 0.607. The molecule has 1 aliphatic carbocycles. The van der Waals surface area contributed by atoms with Crippen molar-refractivity contribution in [3.8, 4) is 6.07 Å². The van der Waals surface area contributed by atoms with Crippen LogP contribution in [0.4, 0.5) is 0 Å². The molecule has 0 radical (unpaired) electrons. The summed E-state index contributed by atoms with van der Waals surface area (Å²) in [4.78, 5) is 26.2. The normalized spacial score (nSPS) is 24.0. The molecule has 3 aromatic rings. The van der Waals surface area contributed by atoms with Crippen LogP contribution in [-0.4, -0.2) is 56.0 Å². The minimum absolute atomic E-state index is 0.0499. The number of nitriles is 1. The number of rotatable bonds is 4. The molecule has 1 N–H and O–H groups in total. The van der Waals surface area contributed by atoms with Gasteiger partial charge in [-0.05, 0) is 59.7 Å². The lowest BCUT2D eigenvalue weighted by Gasteiger charge is -2.37. The Labute approximate surface area is 211 Å². The number of carbonyl (C=O) groups is 1. The van der Waals surface area contributed by atoms with Gasteiger partial charge in [0, 0.05) is 37.9 Å². The minimum atomic E-state index is -0.573. The van der Waals surface area contributed by atoms with Crippen LogP contribution in [-0.2, 0) is 18.5 Å². The average molecular weight is 482 g/mol. The summed E-state index contributed by atoms with van der Waals surface area (Å²) in [5, 5.41) is 23.0. The lowest BCUT2D eigenvalue weighted by Crippen LogP contribution is -2.45. The monoisotopic (exact) mass is 481 g/mol. The van der Waals surface area contributed by atoms with Gasteiger partial charge in [0.05, 0.1) is 23.9 Å². The number of hydrogen-bond acceptors (Lipinski definition) is 6. The van der Waals surface area contributed by atoms with Gasteiger partial charge >= 0.3 is 0 Å². The number of aromatic nitrogens is 2. The van der Waals surface area contributed by atoms with Gasteiger partial charge in [0.2, 0.25) is 0 Å². The molecule has 1 saturated carbocycles. The number of aliphatic hydroxyl groups excluding tert-OH is 1. The molecule has 36 heavy (non-hydrogen) atoms. The standard InChI is InChI=1S/C29H31N5O2/c30-18-29(27-9-12-31-19-32-27)10-13-33(14-11-29)16-20-15-23-24(22-6-2-1-5-21(20)22)17-34(28(23)36)25-7-3-4-8-26(25)35/h1-2,5-6,9,12,15,19,25-26,35H,3-4,7-8,10-11,13-14,16-17H2. The first-order chi connectivity index (χ1) is 17.6. The Kier molecular flexibility index (Phi) is 5.94. The van der Waals surface area contributed by atoms with Crippen molar-refractivity contribution in [1.29, 1.82) is 5.26 Å². The van der Waals surface area contributed by atoms with E-state index in [0.717, 1.165) is 85.9 Å². The average Bonchev–Trinajstić information content (AvgIpc) is 3.26. The zero-order valence-electron chi connectivity index (χ0n) is 20.4. The molecule has 0 spiro atoms. The topological polar surface area (TPSA) is 93.3 Å². The Morgan fingerprint density at radius 1 is 1.11 bits per heavy atom. The number of piperidine rings is 1. The van der Waals surface area contributed by atoms with E-state index < -0.39 is 11.5 Å². The summed E-state index contributed by atoms with van der Waals surface area (Å²) in [5.41, 5.74) is 3.25. The molecule has 0 bridgehead atoms. The maximum Gasteiger partial charge on any atom is 0.254 e. The fraction of sp³-hybridized carbons (Fsp3) is 0.448. The summed E-state index contributed by atoms with van der Waals surface area (Å²) in [5.74, 6) is 0.0499. The Balaban J connectivity index is 1.27. The van der Waals surface area contributed by atoms with Crippen LogP contribution in [0.25, 0.3) is 10.8 Å². The molecule has 2 aromatic carbocycles. The number of likely N-dealkylation sites (tertiary alicyclic amines) is 1. The molecular weight excluding hydrogens is 450 g/mol. The van der Waals surface area contributed by atoms with Crippen LogP contribution in [0.5, 0.6) is 0 Å². The van der Waals surface area contributed by atoms with E-state index in [4.69, 9.17) is 0 Å². The van der Waals surface area contributed by atoms with Crippen molar-refractivity contribution in [1.82, 2.24) is 19.8 Å². The molecule has 1 amide bonds. The van der Waals surface area contributed by atoms with Crippen LogP contribution in [0.15, 0.2) is 48.9 Å². The number of fused-ring (bicyclic) bond motifs is 3. The Morgan fingerprint density at radius 2 is 1.89 bits per heavy atom. The third-order valence-electron chi connectivity index (χ3n) is 8.55. The van der Waals surface area contributed by atoms with Gasteiger partial charge in [0.15, 0.2) is 0 Å². The van der Waals surface area contributed by atoms with E-state index in [0.29, 0.717) is 6.54 Å². The summed E-state index contributed by atoms with van der Waals surface area (Å²) in [6, 6.07) is 14.8. The van der Waals surface area contributed by atoms with Crippen LogP contribution < -0.4 is 0 Å². The highest BCUT2D eigenvalue weighted by Crippen LogP contribution is 2.38. The van der Waals surface area contributed by atoms with Crippen LogP contribution in [0.3, 0.4) is 0 Å².